The molecule has 0 aliphatic heterocycles. The van der Waals surface area contributed by atoms with E-state index in [0.717, 1.165) is 38.0 Å². The van der Waals surface area contributed by atoms with Crippen molar-refractivity contribution in [1.82, 2.24) is 15.1 Å². The lowest BCUT2D eigenvalue weighted by Gasteiger charge is -2.25. The number of benzene rings is 1. The molecule has 174 valence electrons. The van der Waals surface area contributed by atoms with Gasteiger partial charge in [-0.2, -0.15) is 0 Å². The van der Waals surface area contributed by atoms with Crippen LogP contribution in [0.15, 0.2) is 30.3 Å². The van der Waals surface area contributed by atoms with Gasteiger partial charge in [-0.05, 0) is 31.5 Å². The van der Waals surface area contributed by atoms with E-state index in [1.54, 1.807) is 11.9 Å². The van der Waals surface area contributed by atoms with Gasteiger partial charge in [0.1, 0.15) is 6.04 Å². The number of hydrogen-bond acceptors (Lipinski definition) is 4. The number of rotatable bonds is 15. The number of nitrogens with zero attached hydrogens (tertiary/aromatic N) is 2. The van der Waals surface area contributed by atoms with Gasteiger partial charge in [0.05, 0.1) is 5.92 Å². The van der Waals surface area contributed by atoms with Gasteiger partial charge in [-0.3, -0.25) is 14.4 Å². The molecule has 0 saturated carbocycles. The molecule has 7 nitrogen and oxygen atoms in total. The van der Waals surface area contributed by atoms with Gasteiger partial charge in [-0.25, -0.2) is 0 Å². The van der Waals surface area contributed by atoms with Crippen LogP contribution in [-0.4, -0.2) is 66.8 Å². The highest BCUT2D eigenvalue weighted by Gasteiger charge is 2.27. The van der Waals surface area contributed by atoms with Crippen molar-refractivity contribution in [2.75, 3.05) is 33.2 Å². The van der Waals surface area contributed by atoms with Crippen LogP contribution in [0.3, 0.4) is 0 Å². The van der Waals surface area contributed by atoms with Crippen molar-refractivity contribution in [3.05, 3.63) is 35.9 Å². The van der Waals surface area contributed by atoms with Gasteiger partial charge in [0, 0.05) is 26.6 Å². The maximum atomic E-state index is 13.0. The number of nitrogens with one attached hydrogen (secondary N) is 1. The molecule has 0 aliphatic carbocycles. The third kappa shape index (κ3) is 9.96. The van der Waals surface area contributed by atoms with E-state index in [4.69, 9.17) is 5.73 Å². The number of likely N-dealkylation sites (N-methyl/N-ethyl adjacent to an activating group) is 2. The molecule has 2 unspecified atom stereocenters. The van der Waals surface area contributed by atoms with Gasteiger partial charge in [0.2, 0.25) is 17.7 Å². The van der Waals surface area contributed by atoms with Crippen LogP contribution in [-0.2, 0) is 20.8 Å². The summed E-state index contributed by atoms with van der Waals surface area (Å²) in [6.45, 7) is 9.49. The second-order valence-electron chi connectivity index (χ2n) is 8.04. The third-order valence-corrected chi connectivity index (χ3v) is 5.69. The summed E-state index contributed by atoms with van der Waals surface area (Å²) in [6.07, 6.45) is 2.73. The first kappa shape index (κ1) is 26.6. The van der Waals surface area contributed by atoms with Gasteiger partial charge in [0.25, 0.3) is 0 Å². The molecule has 0 heterocycles. The van der Waals surface area contributed by atoms with Crippen molar-refractivity contribution in [1.29, 1.82) is 0 Å². The molecule has 0 aliphatic rings. The molecule has 3 amide bonds. The van der Waals surface area contributed by atoms with Crippen molar-refractivity contribution in [2.45, 2.75) is 58.9 Å². The molecule has 0 fully saturated rings. The summed E-state index contributed by atoms with van der Waals surface area (Å²) >= 11 is 0. The summed E-state index contributed by atoms with van der Waals surface area (Å²) in [7, 11) is 1.77. The van der Waals surface area contributed by atoms with E-state index in [9.17, 15) is 14.4 Å². The molecule has 0 aromatic heterocycles. The average Bonchev–Trinajstić information content (AvgIpc) is 2.76. The molecule has 31 heavy (non-hydrogen) atoms. The fourth-order valence-electron chi connectivity index (χ4n) is 3.46. The molecule has 1 aromatic carbocycles. The fraction of sp³-hybridized carbons (Fsp3) is 0.625. The SMILES string of the molecule is CCCCC(NC(=O)C(CC(=O)N(C)CCN(CC)CC)Cc1ccccc1)C(N)=O. The molecular weight excluding hydrogens is 392 g/mol. The summed E-state index contributed by atoms with van der Waals surface area (Å²) in [5, 5.41) is 2.79. The third-order valence-electron chi connectivity index (χ3n) is 5.69. The number of carbonyl (C=O) groups is 3. The average molecular weight is 433 g/mol. The number of amides is 3. The van der Waals surface area contributed by atoms with Crippen molar-refractivity contribution < 1.29 is 14.4 Å². The van der Waals surface area contributed by atoms with E-state index in [1.165, 1.54) is 0 Å². The fourth-order valence-corrected chi connectivity index (χ4v) is 3.46. The molecular formula is C24H40N4O3. The molecule has 3 N–H and O–H groups in total. The number of primary amides is 1. The van der Waals surface area contributed by atoms with Crippen LogP contribution in [0.1, 0.15) is 52.0 Å². The lowest BCUT2D eigenvalue weighted by atomic mass is 9.94. The Labute approximate surface area is 187 Å². The Hall–Kier alpha value is -2.41. The minimum absolute atomic E-state index is 0.0765. The Morgan fingerprint density at radius 1 is 1.03 bits per heavy atom. The molecule has 1 aromatic rings. The van der Waals surface area contributed by atoms with Crippen molar-refractivity contribution in [2.24, 2.45) is 11.7 Å². The van der Waals surface area contributed by atoms with Crippen molar-refractivity contribution in [3.63, 3.8) is 0 Å². The maximum absolute atomic E-state index is 13.0. The number of unbranched alkanes of at least 4 members (excludes halogenated alkanes) is 1. The standard InChI is InChI=1S/C24H40N4O3/c1-5-8-14-21(23(25)30)26-24(31)20(17-19-12-10-9-11-13-19)18-22(29)27(4)15-16-28(6-2)7-3/h9-13,20-21H,5-8,14-18H2,1-4H3,(H2,25,30)(H,26,31). The van der Waals surface area contributed by atoms with Crippen LogP contribution >= 0.6 is 0 Å². The number of nitrogens with two attached hydrogens (primary N) is 1. The quantitative estimate of drug-likeness (QED) is 0.444. The highest BCUT2D eigenvalue weighted by molar-refractivity contribution is 5.90. The van der Waals surface area contributed by atoms with Crippen molar-refractivity contribution >= 4 is 17.7 Å². The van der Waals surface area contributed by atoms with Crippen LogP contribution < -0.4 is 11.1 Å². The van der Waals surface area contributed by atoms with Gasteiger partial charge >= 0.3 is 0 Å². The summed E-state index contributed by atoms with van der Waals surface area (Å²) in [5.41, 5.74) is 6.47. The van der Waals surface area contributed by atoms with Crippen LogP contribution in [0.2, 0.25) is 0 Å². The van der Waals surface area contributed by atoms with E-state index in [2.05, 4.69) is 24.1 Å². The first-order valence-corrected chi connectivity index (χ1v) is 11.4. The van der Waals surface area contributed by atoms with Gasteiger partial charge in [0.15, 0.2) is 0 Å². The Balaban J connectivity index is 2.86. The number of carbonyl (C=O) groups excluding carboxylic acids is 3. The van der Waals surface area contributed by atoms with E-state index in [0.29, 0.717) is 19.4 Å². The summed E-state index contributed by atoms with van der Waals surface area (Å²) < 4.78 is 0. The van der Waals surface area contributed by atoms with Crippen LogP contribution in [0.5, 0.6) is 0 Å². The first-order chi connectivity index (χ1) is 14.8. The topological polar surface area (TPSA) is 95.7 Å². The summed E-state index contributed by atoms with van der Waals surface area (Å²) in [5.74, 6) is -1.47. The summed E-state index contributed by atoms with van der Waals surface area (Å²) in [4.78, 5) is 41.6. The monoisotopic (exact) mass is 432 g/mol. The Morgan fingerprint density at radius 3 is 2.23 bits per heavy atom. The predicted octanol–water partition coefficient (Wildman–Crippen LogP) is 2.20. The van der Waals surface area contributed by atoms with Crippen LogP contribution in [0.25, 0.3) is 0 Å². The molecule has 0 bridgehead atoms. The lowest BCUT2D eigenvalue weighted by molar-refractivity contribution is -0.136. The Morgan fingerprint density at radius 2 is 1.68 bits per heavy atom. The smallest absolute Gasteiger partial charge is 0.239 e. The van der Waals surface area contributed by atoms with Crippen LogP contribution in [0.4, 0.5) is 0 Å². The molecule has 0 spiro atoms. The van der Waals surface area contributed by atoms with Gasteiger partial charge in [-0.15, -0.1) is 0 Å². The first-order valence-electron chi connectivity index (χ1n) is 11.4. The Bertz CT molecular complexity index is 677. The van der Waals surface area contributed by atoms with Crippen LogP contribution in [0, 0.1) is 5.92 Å². The zero-order valence-corrected chi connectivity index (χ0v) is 19.6. The minimum atomic E-state index is -0.707. The maximum Gasteiger partial charge on any atom is 0.239 e. The summed E-state index contributed by atoms with van der Waals surface area (Å²) in [6, 6.07) is 8.92. The van der Waals surface area contributed by atoms with Gasteiger partial charge < -0.3 is 20.9 Å². The molecule has 0 radical (unpaired) electrons. The second kappa shape index (κ2) is 14.6. The lowest BCUT2D eigenvalue weighted by Crippen LogP contribution is -2.48. The van der Waals surface area contributed by atoms with Gasteiger partial charge in [-0.1, -0.05) is 63.9 Å². The number of hydrogen-bond donors (Lipinski definition) is 2. The zero-order valence-electron chi connectivity index (χ0n) is 19.6. The Kier molecular flexibility index (Phi) is 12.5. The molecule has 0 saturated heterocycles. The van der Waals surface area contributed by atoms with E-state index in [1.807, 2.05) is 37.3 Å². The minimum Gasteiger partial charge on any atom is -0.368 e. The molecule has 2 atom stereocenters. The molecule has 7 heteroatoms. The zero-order chi connectivity index (χ0) is 23.2. The second-order valence-corrected chi connectivity index (χ2v) is 8.04. The predicted molar refractivity (Wildman–Crippen MR) is 124 cm³/mol. The van der Waals surface area contributed by atoms with E-state index >= 15 is 0 Å². The van der Waals surface area contributed by atoms with E-state index in [-0.39, 0.29) is 18.2 Å². The van der Waals surface area contributed by atoms with E-state index < -0.39 is 17.9 Å². The normalized spacial score (nSPS) is 12.9. The van der Waals surface area contributed by atoms with Crippen molar-refractivity contribution in [3.8, 4) is 0 Å². The highest BCUT2D eigenvalue weighted by atomic mass is 16.2. The largest absolute Gasteiger partial charge is 0.368 e. The molecule has 1 rings (SSSR count). The highest BCUT2D eigenvalue weighted by Crippen LogP contribution is 2.15.